The molecule has 0 radical (unpaired) electrons. The van der Waals surface area contributed by atoms with Crippen LogP contribution in [0.5, 0.6) is 0 Å². The maximum Gasteiger partial charge on any atom is 0.274 e. The average Bonchev–Trinajstić information content (AvgIpc) is 2.91. The molecule has 0 saturated carbocycles. The lowest BCUT2D eigenvalue weighted by atomic mass is 10.2. The summed E-state index contributed by atoms with van der Waals surface area (Å²) in [7, 11) is 0. The van der Waals surface area contributed by atoms with E-state index < -0.39 is 11.7 Å². The van der Waals surface area contributed by atoms with Crippen molar-refractivity contribution in [2.24, 2.45) is 5.10 Å². The summed E-state index contributed by atoms with van der Waals surface area (Å²) >= 11 is 6.36. The van der Waals surface area contributed by atoms with Gasteiger partial charge >= 0.3 is 0 Å². The molecule has 25 heavy (non-hydrogen) atoms. The smallest absolute Gasteiger partial charge is 0.267 e. The second-order valence-electron chi connectivity index (χ2n) is 5.22. The molecule has 3 aromatic rings. The van der Waals surface area contributed by atoms with E-state index in [4.69, 9.17) is 11.6 Å². The maximum atomic E-state index is 13.6. The molecule has 5 nitrogen and oxygen atoms in total. The molecule has 0 atom stereocenters. The summed E-state index contributed by atoms with van der Waals surface area (Å²) in [5.41, 5.74) is 4.24. The van der Waals surface area contributed by atoms with Crippen molar-refractivity contribution in [2.45, 2.75) is 6.92 Å². The van der Waals surface area contributed by atoms with Gasteiger partial charge in [0.05, 0.1) is 28.7 Å². The quantitative estimate of drug-likeness (QED) is 0.572. The Morgan fingerprint density at radius 2 is 1.88 bits per heavy atom. The molecule has 0 aliphatic carbocycles. The fourth-order valence-electron chi connectivity index (χ4n) is 2.26. The average molecular weight is 357 g/mol. The van der Waals surface area contributed by atoms with Crippen molar-refractivity contribution in [2.75, 3.05) is 0 Å². The van der Waals surface area contributed by atoms with Crippen LogP contribution >= 0.6 is 11.6 Å². The first-order chi connectivity index (χ1) is 12.1. The predicted molar refractivity (Wildman–Crippen MR) is 94.8 cm³/mol. The van der Waals surface area contributed by atoms with E-state index in [1.54, 1.807) is 17.7 Å². The highest BCUT2D eigenvalue weighted by Crippen LogP contribution is 2.21. The second-order valence-corrected chi connectivity index (χ2v) is 5.57. The Morgan fingerprint density at radius 3 is 2.60 bits per heavy atom. The number of carbonyl (C=O) groups is 1. The zero-order chi connectivity index (χ0) is 17.8. The summed E-state index contributed by atoms with van der Waals surface area (Å²) in [6, 6.07) is 15.1. The standard InChI is InChI=1S/C18H14ClFN4O/c1-12-15(17(19)24(23-12)13-7-3-2-4-8-13)11-21-22-18(25)14-9-5-6-10-16(14)20/h2-11H,1H3,(H,22,25). The van der Waals surface area contributed by atoms with Gasteiger partial charge in [0.1, 0.15) is 11.0 Å². The number of aromatic nitrogens is 2. The molecule has 0 spiro atoms. The molecule has 0 bridgehead atoms. The van der Waals surface area contributed by atoms with Crippen LogP contribution < -0.4 is 5.43 Å². The highest BCUT2D eigenvalue weighted by molar-refractivity contribution is 6.32. The van der Waals surface area contributed by atoms with Gasteiger partial charge in [-0.15, -0.1) is 0 Å². The third-order valence-corrected chi connectivity index (χ3v) is 3.89. The Balaban J connectivity index is 1.80. The molecule has 0 fully saturated rings. The number of nitrogens with zero attached hydrogens (tertiary/aromatic N) is 3. The summed E-state index contributed by atoms with van der Waals surface area (Å²) in [5.74, 6) is -1.25. The molecule has 3 rings (SSSR count). The van der Waals surface area contributed by atoms with E-state index >= 15 is 0 Å². The van der Waals surface area contributed by atoms with Gasteiger partial charge in [-0.1, -0.05) is 41.9 Å². The van der Waals surface area contributed by atoms with Crippen LogP contribution in [0.1, 0.15) is 21.6 Å². The van der Waals surface area contributed by atoms with Crippen molar-refractivity contribution in [3.63, 3.8) is 0 Å². The first kappa shape index (κ1) is 16.9. The first-order valence-electron chi connectivity index (χ1n) is 7.46. The Labute approximate surface area is 148 Å². The van der Waals surface area contributed by atoms with Gasteiger partial charge in [-0.3, -0.25) is 4.79 Å². The number of amides is 1. The summed E-state index contributed by atoms with van der Waals surface area (Å²) in [5, 5.41) is 8.60. The molecular formula is C18H14ClFN4O. The Kier molecular flexibility index (Phi) is 4.90. The van der Waals surface area contributed by atoms with Crippen molar-refractivity contribution in [1.29, 1.82) is 0 Å². The van der Waals surface area contributed by atoms with Gasteiger partial charge in [0.2, 0.25) is 0 Å². The van der Waals surface area contributed by atoms with Crippen LogP contribution in [0.3, 0.4) is 0 Å². The molecule has 0 aliphatic rings. The highest BCUT2D eigenvalue weighted by Gasteiger charge is 2.13. The predicted octanol–water partition coefficient (Wildman–Crippen LogP) is 3.74. The molecule has 1 heterocycles. The number of para-hydroxylation sites is 1. The van der Waals surface area contributed by atoms with Gasteiger partial charge in [0.15, 0.2) is 0 Å². The first-order valence-corrected chi connectivity index (χ1v) is 7.84. The molecule has 126 valence electrons. The molecule has 0 saturated heterocycles. The minimum Gasteiger partial charge on any atom is -0.267 e. The van der Waals surface area contributed by atoms with Crippen LogP contribution in [0.2, 0.25) is 5.15 Å². The van der Waals surface area contributed by atoms with E-state index in [1.165, 1.54) is 24.4 Å². The van der Waals surface area contributed by atoms with Crippen LogP contribution in [-0.2, 0) is 0 Å². The molecule has 1 amide bonds. The van der Waals surface area contributed by atoms with Gasteiger partial charge in [-0.25, -0.2) is 14.5 Å². The van der Waals surface area contributed by atoms with Crippen LogP contribution in [0.15, 0.2) is 59.7 Å². The maximum absolute atomic E-state index is 13.6. The summed E-state index contributed by atoms with van der Waals surface area (Å²) in [6.45, 7) is 1.78. The topological polar surface area (TPSA) is 59.3 Å². The Bertz CT molecular complexity index is 938. The SMILES string of the molecule is Cc1nn(-c2ccccc2)c(Cl)c1C=NNC(=O)c1ccccc1F. The number of hydrazone groups is 1. The van der Waals surface area contributed by atoms with E-state index in [0.717, 1.165) is 5.69 Å². The van der Waals surface area contributed by atoms with Gasteiger partial charge in [0, 0.05) is 0 Å². The van der Waals surface area contributed by atoms with Crippen molar-refractivity contribution >= 4 is 23.7 Å². The number of benzene rings is 2. The third-order valence-electron chi connectivity index (χ3n) is 3.53. The van der Waals surface area contributed by atoms with Crippen LogP contribution in [0.4, 0.5) is 4.39 Å². The normalized spacial score (nSPS) is 11.0. The van der Waals surface area contributed by atoms with Crippen LogP contribution in [0, 0.1) is 12.7 Å². The summed E-state index contributed by atoms with van der Waals surface area (Å²) < 4.78 is 15.1. The monoisotopic (exact) mass is 356 g/mol. The van der Waals surface area contributed by atoms with Gasteiger partial charge in [-0.05, 0) is 31.2 Å². The Morgan fingerprint density at radius 1 is 1.20 bits per heavy atom. The second kappa shape index (κ2) is 7.27. The minimum absolute atomic E-state index is 0.0811. The number of nitrogens with one attached hydrogen (secondary N) is 1. The van der Waals surface area contributed by atoms with Crippen molar-refractivity contribution < 1.29 is 9.18 Å². The molecule has 7 heteroatoms. The van der Waals surface area contributed by atoms with E-state index in [-0.39, 0.29) is 5.56 Å². The summed E-state index contributed by atoms with van der Waals surface area (Å²) in [6.07, 6.45) is 1.39. The zero-order valence-corrected chi connectivity index (χ0v) is 14.0. The third kappa shape index (κ3) is 3.59. The van der Waals surface area contributed by atoms with Gasteiger partial charge in [-0.2, -0.15) is 10.2 Å². The number of hydrogen-bond acceptors (Lipinski definition) is 3. The van der Waals surface area contributed by atoms with Gasteiger partial charge in [0.25, 0.3) is 5.91 Å². The zero-order valence-electron chi connectivity index (χ0n) is 13.3. The molecule has 1 aromatic heterocycles. The largest absolute Gasteiger partial charge is 0.274 e. The molecule has 2 aromatic carbocycles. The van der Waals surface area contributed by atoms with Crippen LogP contribution in [-0.4, -0.2) is 21.9 Å². The molecule has 0 unspecified atom stereocenters. The minimum atomic E-state index is -0.640. The van der Waals surface area contributed by atoms with E-state index in [1.807, 2.05) is 30.3 Å². The molecular weight excluding hydrogens is 343 g/mol. The van der Waals surface area contributed by atoms with Crippen molar-refractivity contribution in [3.8, 4) is 5.69 Å². The van der Waals surface area contributed by atoms with Crippen LogP contribution in [0.25, 0.3) is 5.69 Å². The number of rotatable bonds is 4. The fraction of sp³-hybridized carbons (Fsp3) is 0.0556. The number of carbonyl (C=O) groups excluding carboxylic acids is 1. The highest BCUT2D eigenvalue weighted by atomic mass is 35.5. The molecule has 0 aliphatic heterocycles. The van der Waals surface area contributed by atoms with E-state index in [9.17, 15) is 9.18 Å². The number of halogens is 2. The van der Waals surface area contributed by atoms with Gasteiger partial charge < -0.3 is 0 Å². The van der Waals surface area contributed by atoms with Crippen molar-refractivity contribution in [3.05, 3.63) is 82.4 Å². The molecule has 1 N–H and O–H groups in total. The lowest BCUT2D eigenvalue weighted by molar-refractivity contribution is 0.0951. The van der Waals surface area contributed by atoms with Crippen molar-refractivity contribution in [1.82, 2.24) is 15.2 Å². The number of aryl methyl sites for hydroxylation is 1. The lowest BCUT2D eigenvalue weighted by Gasteiger charge is -2.02. The fourth-order valence-corrected chi connectivity index (χ4v) is 2.58. The number of hydrogen-bond donors (Lipinski definition) is 1. The van der Waals surface area contributed by atoms with E-state index in [0.29, 0.717) is 16.4 Å². The Hall–Kier alpha value is -2.99. The lowest BCUT2D eigenvalue weighted by Crippen LogP contribution is -2.19. The van der Waals surface area contributed by atoms with E-state index in [2.05, 4.69) is 15.6 Å². The summed E-state index contributed by atoms with van der Waals surface area (Å²) in [4.78, 5) is 11.9.